The lowest BCUT2D eigenvalue weighted by Gasteiger charge is -2.41. The number of carbonyl (C=O) groups is 9. The van der Waals surface area contributed by atoms with Crippen molar-refractivity contribution in [1.29, 1.82) is 0 Å². The van der Waals surface area contributed by atoms with Gasteiger partial charge in [-0.1, -0.05) is 116 Å². The normalized spacial score (nSPS) is 22.1. The zero-order chi connectivity index (χ0) is 60.8. The summed E-state index contributed by atoms with van der Waals surface area (Å²) in [5.74, 6) is -7.04. The van der Waals surface area contributed by atoms with Gasteiger partial charge in [0.15, 0.2) is 5.16 Å². The molecule has 3 unspecified atom stereocenters. The highest BCUT2D eigenvalue weighted by molar-refractivity contribution is 8.01. The Labute approximate surface area is 497 Å². The van der Waals surface area contributed by atoms with Crippen molar-refractivity contribution >= 4 is 88.6 Å². The summed E-state index contributed by atoms with van der Waals surface area (Å²) in [6.07, 6.45) is 6.52. The van der Waals surface area contributed by atoms with E-state index < -0.39 is 107 Å². The number of hydrogen-bond donors (Lipinski definition) is 4. The first kappa shape index (κ1) is 66.4. The van der Waals surface area contributed by atoms with Crippen LogP contribution in [0.1, 0.15) is 144 Å². The highest BCUT2D eigenvalue weighted by Gasteiger charge is 2.46. The molecule has 6 rings (SSSR count). The summed E-state index contributed by atoms with van der Waals surface area (Å²) >= 11 is 3.02. The topological polar surface area (TPSA) is 280 Å². The van der Waals surface area contributed by atoms with Crippen molar-refractivity contribution in [1.82, 2.24) is 40.3 Å². The van der Waals surface area contributed by atoms with Gasteiger partial charge in [-0.05, 0) is 61.8 Å². The van der Waals surface area contributed by atoms with Gasteiger partial charge in [0.1, 0.15) is 18.1 Å². The number of nitrogens with one attached hydrogen (secondary N) is 3. The predicted octanol–water partition coefficient (Wildman–Crippen LogP) is 5.90. The molecule has 4 heterocycles. The molecule has 3 aliphatic heterocycles. The lowest BCUT2D eigenvalue weighted by Crippen LogP contribution is -2.60. The number of hydrogen-bond acceptors (Lipinski definition) is 16. The highest BCUT2D eigenvalue weighted by atomic mass is 32.2. The Bertz CT molecular complexity index is 2620. The number of carbonyl (C=O) groups excluding carboxylic acids is 8. The molecule has 24 heteroatoms. The summed E-state index contributed by atoms with van der Waals surface area (Å²) in [7, 11) is 6.06. The molecule has 4 aliphatic rings. The molecule has 458 valence electrons. The summed E-state index contributed by atoms with van der Waals surface area (Å²) in [5, 5.41) is 18.5. The molecule has 1 saturated carbocycles. The minimum atomic E-state index is -1.18. The minimum Gasteiger partial charge on any atom is -0.480 e. The number of carboxylic acids is 1. The van der Waals surface area contributed by atoms with Crippen LogP contribution in [0.2, 0.25) is 0 Å². The van der Waals surface area contributed by atoms with Gasteiger partial charge in [0.2, 0.25) is 59.2 Å². The maximum absolute atomic E-state index is 14.8. The van der Waals surface area contributed by atoms with E-state index in [1.54, 1.807) is 82.6 Å². The molecule has 3 fully saturated rings. The van der Waals surface area contributed by atoms with Crippen LogP contribution in [-0.4, -0.2) is 181 Å². The third-order valence-electron chi connectivity index (χ3n) is 16.8. The van der Waals surface area contributed by atoms with Crippen molar-refractivity contribution in [3.63, 3.8) is 0 Å². The number of nitrogens with zero attached hydrogens (tertiary/aromatic N) is 7. The van der Waals surface area contributed by atoms with Gasteiger partial charge >= 0.3 is 5.97 Å². The zero-order valence-corrected chi connectivity index (χ0v) is 51.8. The van der Waals surface area contributed by atoms with E-state index in [1.807, 2.05) is 19.9 Å². The fourth-order valence-corrected chi connectivity index (χ4v) is 14.6. The molecule has 0 spiro atoms. The maximum Gasteiger partial charge on any atom is 0.326 e. The number of likely N-dealkylation sites (N-methyl/N-ethyl adjacent to an activating group) is 2. The summed E-state index contributed by atoms with van der Waals surface area (Å²) in [6.45, 7) is 13.1. The summed E-state index contributed by atoms with van der Waals surface area (Å²) in [4.78, 5) is 143. The van der Waals surface area contributed by atoms with Crippen molar-refractivity contribution < 1.29 is 57.7 Å². The van der Waals surface area contributed by atoms with Crippen LogP contribution >= 0.6 is 23.5 Å². The van der Waals surface area contributed by atoms with Crippen LogP contribution in [0, 0.1) is 23.7 Å². The summed E-state index contributed by atoms with van der Waals surface area (Å²) in [6, 6.07) is 4.57. The molecule has 83 heavy (non-hydrogen) atoms. The molecule has 2 aromatic rings. The minimum absolute atomic E-state index is 0.0361. The van der Waals surface area contributed by atoms with E-state index in [2.05, 4.69) is 30.9 Å². The van der Waals surface area contributed by atoms with E-state index in [0.717, 1.165) is 55.4 Å². The Balaban J connectivity index is 1.09. The van der Waals surface area contributed by atoms with Gasteiger partial charge in [-0.3, -0.25) is 43.7 Å². The Morgan fingerprint density at radius 2 is 1.48 bits per heavy atom. The van der Waals surface area contributed by atoms with Crippen LogP contribution in [0.25, 0.3) is 0 Å². The number of likely N-dealkylation sites (tertiary alicyclic amines) is 1. The number of fused-ring (bicyclic) bond motifs is 8. The monoisotopic (exact) mass is 1190 g/mol. The van der Waals surface area contributed by atoms with E-state index in [0.29, 0.717) is 25.8 Å². The van der Waals surface area contributed by atoms with Gasteiger partial charge in [0.25, 0.3) is 0 Å². The maximum atomic E-state index is 14.8. The number of anilines is 2. The Hall–Kier alpha value is -5.72. The van der Waals surface area contributed by atoms with Gasteiger partial charge in [-0.15, -0.1) is 11.8 Å². The molecule has 1 aliphatic carbocycles. The summed E-state index contributed by atoms with van der Waals surface area (Å²) in [5.41, 5.74) is 0.751. The van der Waals surface area contributed by atoms with Crippen molar-refractivity contribution in [2.45, 2.75) is 208 Å². The summed E-state index contributed by atoms with van der Waals surface area (Å²) < 4.78 is 12.0. The fraction of sp³-hybridized carbons (Fsp3) is 0.695. The van der Waals surface area contributed by atoms with Crippen LogP contribution < -0.4 is 20.9 Å². The number of thioether (sulfide) groups is 2. The molecule has 6 bridgehead atoms. The van der Waals surface area contributed by atoms with Gasteiger partial charge in [-0.2, -0.15) is 15.0 Å². The highest BCUT2D eigenvalue weighted by Crippen LogP contribution is 2.40. The molecule has 4 N–H and O–H groups in total. The average Bonchev–Trinajstić information content (AvgIpc) is 4.26. The Morgan fingerprint density at radius 3 is 2.12 bits per heavy atom. The number of rotatable bonds is 25. The number of aliphatic carboxylic acids is 1. The first-order valence-electron chi connectivity index (χ1n) is 29.5. The molecule has 0 radical (unpaired) electrons. The lowest BCUT2D eigenvalue weighted by atomic mass is 9.89. The standard InChI is InChI=1S/C59H88N10O12S2/c1-12-35(6)50(42(80-10)31-46(72)68-29-19-24-41(68)51(81-11)36(7)52(74)60-40(56(78)79)30-37-20-15-13-16-21-37)67(9)55(77)48(33(2)3)62-53(75)49(34(4)5)66(8)45(71)28-27-44(70)61-57-63-58-65-59(64-57)83-39-23-18-14-17-22-38(25-26-39)82-43-32-47(73)69(58)54(43)76/h13,15-16,20-21,33-36,38-43,48-51H,12,14,17-19,22-32H2,1-11H3,(H,60,74)(H,62,75)(H,78,79)(H,61,63,64,65,70)/t35-,36+,38?,39?,40-,41-,42+,43?,48-,49-,50-,51+/m0/s1. The van der Waals surface area contributed by atoms with E-state index in [4.69, 9.17) is 9.47 Å². The number of carboxylic acid groups (broad SMARTS) is 1. The van der Waals surface area contributed by atoms with Gasteiger partial charge in [0.05, 0.1) is 41.9 Å². The molecule has 1 aromatic carbocycles. The Morgan fingerprint density at radius 1 is 0.795 bits per heavy atom. The first-order chi connectivity index (χ1) is 39.5. The predicted molar refractivity (Wildman–Crippen MR) is 316 cm³/mol. The van der Waals surface area contributed by atoms with Crippen molar-refractivity contribution in [2.24, 2.45) is 23.7 Å². The Kier molecular flexibility index (Phi) is 24.7. The van der Waals surface area contributed by atoms with Gasteiger partial charge in [0, 0.05) is 71.0 Å². The number of ether oxygens (including phenoxy) is 2. The second-order valence-electron chi connectivity index (χ2n) is 23.4. The van der Waals surface area contributed by atoms with Crippen LogP contribution in [0.5, 0.6) is 0 Å². The zero-order valence-electron chi connectivity index (χ0n) is 50.2. The quantitative estimate of drug-likeness (QED) is 0.0842. The second kappa shape index (κ2) is 30.9. The molecule has 2 saturated heterocycles. The number of methoxy groups -OCH3 is 2. The third kappa shape index (κ3) is 17.2. The molecular weight excluding hydrogens is 1100 g/mol. The largest absolute Gasteiger partial charge is 0.480 e. The molecule has 12 atom stereocenters. The van der Waals surface area contributed by atoms with E-state index in [1.165, 1.54) is 42.8 Å². The smallest absolute Gasteiger partial charge is 0.326 e. The SMILES string of the molecule is CC[C@H](C)[C@@H]([C@@H](CC(=O)N1CCC[C@H]1[C@H](OC)[C@@H](C)C(=O)N[C@@H](Cc1ccccc1)C(=O)O)OC)N(C)C(=O)[C@@H](NC(=O)[C@H](C(C)C)N(C)C(=O)CCC(=O)Nc1nc2nc(n1)N1C(=O)CC(SC3CCCCCC(CC3)S2)C1=O)C(C)C. The van der Waals surface area contributed by atoms with E-state index >= 15 is 0 Å². The number of imide groups is 1. The van der Waals surface area contributed by atoms with Crippen LogP contribution in [0.3, 0.4) is 0 Å². The van der Waals surface area contributed by atoms with Gasteiger partial charge in [-0.25, -0.2) is 9.69 Å². The molecular formula is C59H88N10O12S2. The van der Waals surface area contributed by atoms with Crippen molar-refractivity contribution in [2.75, 3.05) is 45.1 Å². The molecule has 1 aromatic heterocycles. The van der Waals surface area contributed by atoms with E-state index in [-0.39, 0.29) is 77.4 Å². The van der Waals surface area contributed by atoms with Crippen molar-refractivity contribution in [3.8, 4) is 0 Å². The fourth-order valence-electron chi connectivity index (χ4n) is 12.0. The van der Waals surface area contributed by atoms with Crippen LogP contribution in [0.4, 0.5) is 11.9 Å². The molecule has 8 amide bonds. The second-order valence-corrected chi connectivity index (χ2v) is 26.1. The van der Waals surface area contributed by atoms with Crippen LogP contribution in [0.15, 0.2) is 35.5 Å². The third-order valence-corrected chi connectivity index (χ3v) is 19.6. The lowest BCUT2D eigenvalue weighted by molar-refractivity contribution is -0.149. The first-order valence-corrected chi connectivity index (χ1v) is 31.3. The van der Waals surface area contributed by atoms with E-state index in [9.17, 15) is 48.3 Å². The van der Waals surface area contributed by atoms with Gasteiger partial charge < -0.3 is 39.9 Å². The number of amides is 8. The number of aromatic nitrogens is 3. The van der Waals surface area contributed by atoms with Crippen LogP contribution in [-0.2, 0) is 59.0 Å². The van der Waals surface area contributed by atoms with Crippen molar-refractivity contribution in [3.05, 3.63) is 35.9 Å². The number of benzene rings is 1. The molecule has 22 nitrogen and oxygen atoms in total. The average molecular weight is 1190 g/mol.